The fraction of sp³-hybridized carbons (Fsp3) is 0.375. The van der Waals surface area contributed by atoms with Gasteiger partial charge < -0.3 is 14.8 Å². The monoisotopic (exact) mass is 337 g/mol. The predicted octanol–water partition coefficient (Wildman–Crippen LogP) is 2.69. The van der Waals surface area contributed by atoms with Crippen molar-refractivity contribution in [2.24, 2.45) is 4.99 Å². The van der Waals surface area contributed by atoms with Gasteiger partial charge in [0.2, 0.25) is 0 Å². The van der Waals surface area contributed by atoms with Gasteiger partial charge in [0, 0.05) is 56.7 Å². The zero-order chi connectivity index (χ0) is 16.8. The second kappa shape index (κ2) is 7.97. The van der Waals surface area contributed by atoms with Gasteiger partial charge in [-0.25, -0.2) is 9.37 Å². The molecular formula is C16H21ClFN5. The fourth-order valence-electron chi connectivity index (χ4n) is 2.31. The molecule has 2 aromatic rings. The molecular weight excluding hydrogens is 317 g/mol. The van der Waals surface area contributed by atoms with Gasteiger partial charge in [-0.15, -0.1) is 0 Å². The third-order valence-electron chi connectivity index (χ3n) is 3.59. The van der Waals surface area contributed by atoms with Crippen molar-refractivity contribution in [3.63, 3.8) is 0 Å². The zero-order valence-electron chi connectivity index (χ0n) is 13.6. The number of hydrogen-bond donors (Lipinski definition) is 1. The van der Waals surface area contributed by atoms with Crippen LogP contribution >= 0.6 is 11.6 Å². The molecule has 7 heteroatoms. The first-order valence-corrected chi connectivity index (χ1v) is 7.73. The molecule has 1 aromatic heterocycles. The maximum absolute atomic E-state index is 13.9. The molecule has 0 aliphatic heterocycles. The van der Waals surface area contributed by atoms with Crippen molar-refractivity contribution < 1.29 is 4.39 Å². The molecule has 0 fully saturated rings. The van der Waals surface area contributed by atoms with E-state index >= 15 is 0 Å². The number of benzene rings is 1. The highest BCUT2D eigenvalue weighted by molar-refractivity contribution is 6.31. The molecule has 0 atom stereocenters. The van der Waals surface area contributed by atoms with E-state index in [0.29, 0.717) is 29.6 Å². The van der Waals surface area contributed by atoms with Gasteiger partial charge in [0.15, 0.2) is 5.96 Å². The second-order valence-corrected chi connectivity index (χ2v) is 5.61. The number of guanidine groups is 1. The summed E-state index contributed by atoms with van der Waals surface area (Å²) in [6.45, 7) is 3.77. The molecule has 0 radical (unpaired) electrons. The van der Waals surface area contributed by atoms with Gasteiger partial charge in [-0.1, -0.05) is 17.7 Å². The molecule has 0 saturated heterocycles. The lowest BCUT2D eigenvalue weighted by Gasteiger charge is -2.23. The Morgan fingerprint density at radius 3 is 2.87 bits per heavy atom. The Morgan fingerprint density at radius 1 is 1.48 bits per heavy atom. The number of imidazole rings is 1. The highest BCUT2D eigenvalue weighted by Crippen LogP contribution is 2.20. The van der Waals surface area contributed by atoms with E-state index in [1.807, 2.05) is 29.6 Å². The fourth-order valence-corrected chi connectivity index (χ4v) is 2.53. The lowest BCUT2D eigenvalue weighted by Crippen LogP contribution is -2.40. The second-order valence-electron chi connectivity index (χ2n) is 5.20. The van der Waals surface area contributed by atoms with E-state index in [9.17, 15) is 4.39 Å². The van der Waals surface area contributed by atoms with Crippen LogP contribution in [0.25, 0.3) is 0 Å². The SMILES string of the molecule is CN=C(NCCn1ccnc1C)N(C)Cc1c(F)cccc1Cl. The van der Waals surface area contributed by atoms with Gasteiger partial charge in [-0.05, 0) is 19.1 Å². The quantitative estimate of drug-likeness (QED) is 0.674. The van der Waals surface area contributed by atoms with Crippen LogP contribution in [0.5, 0.6) is 0 Å². The molecule has 5 nitrogen and oxygen atoms in total. The standard InChI is InChI=1S/C16H21ClFN5/c1-12-20-7-9-23(12)10-8-21-16(19-2)22(3)11-13-14(17)5-4-6-15(13)18/h4-7,9H,8,10-11H2,1-3H3,(H,19,21). The van der Waals surface area contributed by atoms with Gasteiger partial charge in [0.05, 0.1) is 0 Å². The normalized spacial score (nSPS) is 11.6. The molecule has 0 bridgehead atoms. The number of halogens is 2. The summed E-state index contributed by atoms with van der Waals surface area (Å²) in [4.78, 5) is 10.2. The first kappa shape index (κ1) is 17.3. The van der Waals surface area contributed by atoms with Gasteiger partial charge in [0.25, 0.3) is 0 Å². The highest BCUT2D eigenvalue weighted by Gasteiger charge is 2.12. The smallest absolute Gasteiger partial charge is 0.193 e. The van der Waals surface area contributed by atoms with E-state index < -0.39 is 0 Å². The molecule has 2 rings (SSSR count). The molecule has 1 N–H and O–H groups in total. The molecule has 0 spiro atoms. The summed E-state index contributed by atoms with van der Waals surface area (Å²) in [6.07, 6.45) is 3.71. The number of aromatic nitrogens is 2. The van der Waals surface area contributed by atoms with E-state index in [1.165, 1.54) is 6.07 Å². The summed E-state index contributed by atoms with van der Waals surface area (Å²) in [5.74, 6) is 1.34. The Balaban J connectivity index is 1.94. The number of aliphatic imine (C=N–C) groups is 1. The number of nitrogens with one attached hydrogen (secondary N) is 1. The molecule has 23 heavy (non-hydrogen) atoms. The third-order valence-corrected chi connectivity index (χ3v) is 3.94. The predicted molar refractivity (Wildman–Crippen MR) is 91.2 cm³/mol. The van der Waals surface area contributed by atoms with Crippen LogP contribution in [0, 0.1) is 12.7 Å². The third kappa shape index (κ3) is 4.45. The summed E-state index contributed by atoms with van der Waals surface area (Å²) in [6, 6.07) is 4.70. The first-order valence-electron chi connectivity index (χ1n) is 7.35. The Labute approximate surface area is 140 Å². The lowest BCUT2D eigenvalue weighted by molar-refractivity contribution is 0.458. The minimum atomic E-state index is -0.311. The van der Waals surface area contributed by atoms with Crippen LogP contribution in [0.3, 0.4) is 0 Å². The van der Waals surface area contributed by atoms with Crippen molar-refractivity contribution in [3.8, 4) is 0 Å². The van der Waals surface area contributed by atoms with Crippen LogP contribution < -0.4 is 5.32 Å². The molecule has 0 unspecified atom stereocenters. The molecule has 1 heterocycles. The number of rotatable bonds is 5. The van der Waals surface area contributed by atoms with E-state index in [2.05, 4.69) is 15.3 Å². The highest BCUT2D eigenvalue weighted by atomic mass is 35.5. The lowest BCUT2D eigenvalue weighted by atomic mass is 10.2. The minimum Gasteiger partial charge on any atom is -0.354 e. The Morgan fingerprint density at radius 2 is 2.26 bits per heavy atom. The van der Waals surface area contributed by atoms with Crippen molar-refractivity contribution in [1.29, 1.82) is 0 Å². The molecule has 1 aromatic carbocycles. The van der Waals surface area contributed by atoms with E-state index in [-0.39, 0.29) is 5.82 Å². The maximum Gasteiger partial charge on any atom is 0.193 e. The largest absolute Gasteiger partial charge is 0.354 e. The van der Waals surface area contributed by atoms with Crippen molar-refractivity contribution >= 4 is 17.6 Å². The average molecular weight is 338 g/mol. The molecule has 0 aliphatic carbocycles. The van der Waals surface area contributed by atoms with Crippen molar-refractivity contribution in [2.75, 3.05) is 20.6 Å². The van der Waals surface area contributed by atoms with Crippen LogP contribution in [0.4, 0.5) is 4.39 Å². The zero-order valence-corrected chi connectivity index (χ0v) is 14.3. The van der Waals surface area contributed by atoms with E-state index in [1.54, 1.807) is 25.4 Å². The Hall–Kier alpha value is -2.08. The molecule has 0 aliphatic rings. The molecule has 0 saturated carbocycles. The van der Waals surface area contributed by atoms with Crippen LogP contribution in [-0.2, 0) is 13.1 Å². The van der Waals surface area contributed by atoms with Gasteiger partial charge in [-0.3, -0.25) is 4.99 Å². The van der Waals surface area contributed by atoms with Crippen molar-refractivity contribution in [1.82, 2.24) is 19.8 Å². The molecule has 0 amide bonds. The van der Waals surface area contributed by atoms with Gasteiger partial charge in [-0.2, -0.15) is 0 Å². The van der Waals surface area contributed by atoms with Crippen LogP contribution in [0.2, 0.25) is 5.02 Å². The number of nitrogens with zero attached hydrogens (tertiary/aromatic N) is 4. The minimum absolute atomic E-state index is 0.311. The number of hydrogen-bond acceptors (Lipinski definition) is 2. The Bertz CT molecular complexity index is 663. The van der Waals surface area contributed by atoms with E-state index in [0.717, 1.165) is 12.4 Å². The summed E-state index contributed by atoms with van der Waals surface area (Å²) in [5, 5.41) is 3.67. The first-order chi connectivity index (χ1) is 11.0. The van der Waals surface area contributed by atoms with E-state index in [4.69, 9.17) is 11.6 Å². The molecule has 124 valence electrons. The summed E-state index contributed by atoms with van der Waals surface area (Å²) in [5.41, 5.74) is 0.463. The summed E-state index contributed by atoms with van der Waals surface area (Å²) < 4.78 is 15.9. The van der Waals surface area contributed by atoms with Gasteiger partial charge >= 0.3 is 0 Å². The Kier molecular flexibility index (Phi) is 5.98. The van der Waals surface area contributed by atoms with Crippen LogP contribution in [0.15, 0.2) is 35.6 Å². The summed E-state index contributed by atoms with van der Waals surface area (Å²) >= 11 is 6.07. The maximum atomic E-state index is 13.9. The average Bonchev–Trinajstić information content (AvgIpc) is 2.93. The summed E-state index contributed by atoms with van der Waals surface area (Å²) in [7, 11) is 3.55. The van der Waals surface area contributed by atoms with Crippen LogP contribution in [-0.4, -0.2) is 41.1 Å². The van der Waals surface area contributed by atoms with Crippen molar-refractivity contribution in [3.05, 3.63) is 52.8 Å². The van der Waals surface area contributed by atoms with Crippen molar-refractivity contribution in [2.45, 2.75) is 20.0 Å². The topological polar surface area (TPSA) is 45.5 Å². The van der Waals surface area contributed by atoms with Gasteiger partial charge in [0.1, 0.15) is 11.6 Å². The van der Waals surface area contributed by atoms with Crippen LogP contribution in [0.1, 0.15) is 11.4 Å². The number of aryl methyl sites for hydroxylation is 1.